The van der Waals surface area contributed by atoms with Crippen molar-refractivity contribution in [1.82, 2.24) is 0 Å². The van der Waals surface area contributed by atoms with E-state index in [0.29, 0.717) is 13.2 Å². The van der Waals surface area contributed by atoms with Gasteiger partial charge < -0.3 is 14.4 Å². The van der Waals surface area contributed by atoms with Crippen molar-refractivity contribution in [1.29, 1.82) is 0 Å². The first kappa shape index (κ1) is 30.3. The van der Waals surface area contributed by atoms with E-state index in [9.17, 15) is 4.79 Å². The molecule has 6 nitrogen and oxygen atoms in total. The molecule has 0 aliphatic heterocycles. The predicted octanol–water partition coefficient (Wildman–Crippen LogP) is 8.75. The van der Waals surface area contributed by atoms with Crippen LogP contribution < -0.4 is 9.64 Å². The number of carbonyl (C=O) groups is 1. The van der Waals surface area contributed by atoms with E-state index in [2.05, 4.69) is 82.7 Å². The summed E-state index contributed by atoms with van der Waals surface area (Å²) in [5.74, 6) is 0.594. The van der Waals surface area contributed by atoms with Crippen LogP contribution in [0.2, 0.25) is 0 Å². The van der Waals surface area contributed by atoms with Gasteiger partial charge in [0.15, 0.2) is 0 Å². The molecule has 1 atom stereocenters. The molecule has 0 radical (unpaired) electrons. The lowest BCUT2D eigenvalue weighted by atomic mass is 9.72. The van der Waals surface area contributed by atoms with E-state index >= 15 is 0 Å². The second-order valence-corrected chi connectivity index (χ2v) is 11.8. The average Bonchev–Trinajstić information content (AvgIpc) is 2.84. The van der Waals surface area contributed by atoms with Gasteiger partial charge in [0.05, 0.1) is 30.5 Å². The Hall–Kier alpha value is -2.89. The van der Waals surface area contributed by atoms with Gasteiger partial charge in [0.2, 0.25) is 0 Å². The van der Waals surface area contributed by atoms with E-state index in [4.69, 9.17) is 9.47 Å². The number of hydrogen-bond donors (Lipinski definition) is 0. The van der Waals surface area contributed by atoms with E-state index in [-0.39, 0.29) is 22.7 Å². The first-order chi connectivity index (χ1) is 17.4. The summed E-state index contributed by atoms with van der Waals surface area (Å²) in [6, 6.07) is 15.7. The molecule has 0 heterocycles. The Kier molecular flexibility index (Phi) is 11.6. The molecule has 0 aliphatic rings. The molecule has 0 bridgehead atoms. The number of carbonyl (C=O) groups excluding carboxylic acids is 1. The molecule has 2 aromatic carbocycles. The highest BCUT2D eigenvalue weighted by atomic mass is 16.5. The summed E-state index contributed by atoms with van der Waals surface area (Å²) < 4.78 is 11.5. The van der Waals surface area contributed by atoms with Crippen LogP contribution in [0.4, 0.5) is 17.1 Å². The largest absolute Gasteiger partial charge is 0.494 e. The summed E-state index contributed by atoms with van der Waals surface area (Å²) in [5, 5.41) is 8.67. The maximum atomic E-state index is 12.7. The molecular weight excluding hydrogens is 462 g/mol. The van der Waals surface area contributed by atoms with Crippen LogP contribution in [0.5, 0.6) is 5.75 Å². The molecule has 6 heteroatoms. The fourth-order valence-electron chi connectivity index (χ4n) is 4.07. The zero-order valence-corrected chi connectivity index (χ0v) is 24.2. The summed E-state index contributed by atoms with van der Waals surface area (Å²) in [4.78, 5) is 15.0. The van der Waals surface area contributed by atoms with Crippen molar-refractivity contribution in [2.45, 2.75) is 74.7 Å². The Bertz CT molecular complexity index is 967. The lowest BCUT2D eigenvalue weighted by Crippen LogP contribution is -2.33. The molecule has 2 aromatic rings. The number of azo groups is 1. The average molecular weight is 510 g/mol. The lowest BCUT2D eigenvalue weighted by molar-refractivity contribution is -0.154. The fraction of sp³-hybridized carbons (Fsp3) is 0.581. The summed E-state index contributed by atoms with van der Waals surface area (Å²) >= 11 is 0. The van der Waals surface area contributed by atoms with Crippen molar-refractivity contribution in [3.05, 3.63) is 48.5 Å². The number of esters is 1. The highest BCUT2D eigenvalue weighted by Gasteiger charge is 2.35. The monoisotopic (exact) mass is 509 g/mol. The Balaban J connectivity index is 1.73. The molecule has 2 rings (SSSR count). The van der Waals surface area contributed by atoms with Gasteiger partial charge in [0.1, 0.15) is 5.75 Å². The number of anilines is 1. The molecule has 0 aliphatic carbocycles. The minimum absolute atomic E-state index is 0.0818. The minimum atomic E-state index is -0.116. The van der Waals surface area contributed by atoms with Gasteiger partial charge in [-0.2, -0.15) is 10.2 Å². The molecule has 0 saturated heterocycles. The summed E-state index contributed by atoms with van der Waals surface area (Å²) in [6.45, 7) is 20.1. The Morgan fingerprint density at radius 2 is 1.32 bits per heavy atom. The molecule has 0 saturated carbocycles. The standard InChI is InChI=1S/C31H47N3O3/c1-9-34(10-2)26-17-13-24(14-18-26)32-33-25-15-19-27(20-16-25)36-21-11-12-22-37-29(35)28(31(6,7)8)23-30(3,4)5/h13-20,28H,9-12,21-23H2,1-8H3. The molecule has 0 aromatic heterocycles. The zero-order valence-electron chi connectivity index (χ0n) is 24.2. The van der Waals surface area contributed by atoms with Crippen molar-refractivity contribution in [3.8, 4) is 5.75 Å². The highest BCUT2D eigenvalue weighted by molar-refractivity contribution is 5.73. The van der Waals surface area contributed by atoms with Gasteiger partial charge in [-0.15, -0.1) is 0 Å². The second-order valence-electron chi connectivity index (χ2n) is 11.8. The van der Waals surface area contributed by atoms with Gasteiger partial charge in [-0.25, -0.2) is 0 Å². The van der Waals surface area contributed by atoms with Gasteiger partial charge in [0, 0.05) is 18.8 Å². The van der Waals surface area contributed by atoms with Crippen LogP contribution in [-0.2, 0) is 9.53 Å². The number of nitrogens with zero attached hydrogens (tertiary/aromatic N) is 3. The Labute approximate surface area is 224 Å². The number of hydrogen-bond acceptors (Lipinski definition) is 6. The van der Waals surface area contributed by atoms with E-state index in [1.165, 1.54) is 5.69 Å². The number of rotatable bonds is 13. The van der Waals surface area contributed by atoms with Crippen LogP contribution in [0.1, 0.15) is 74.7 Å². The number of ether oxygens (including phenoxy) is 2. The van der Waals surface area contributed by atoms with Gasteiger partial charge in [-0.3, -0.25) is 4.79 Å². The van der Waals surface area contributed by atoms with E-state index < -0.39 is 0 Å². The third-order valence-corrected chi connectivity index (χ3v) is 6.29. The van der Waals surface area contributed by atoms with Crippen molar-refractivity contribution < 1.29 is 14.3 Å². The molecule has 204 valence electrons. The summed E-state index contributed by atoms with van der Waals surface area (Å²) in [5.41, 5.74) is 2.76. The van der Waals surface area contributed by atoms with Crippen LogP contribution >= 0.6 is 0 Å². The minimum Gasteiger partial charge on any atom is -0.494 e. The molecule has 0 spiro atoms. The first-order valence-electron chi connectivity index (χ1n) is 13.6. The van der Waals surface area contributed by atoms with Gasteiger partial charge in [-0.05, 0) is 92.5 Å². The molecular formula is C31H47N3O3. The maximum Gasteiger partial charge on any atom is 0.309 e. The summed E-state index contributed by atoms with van der Waals surface area (Å²) in [6.07, 6.45) is 2.41. The maximum absolute atomic E-state index is 12.7. The van der Waals surface area contributed by atoms with Crippen LogP contribution in [-0.4, -0.2) is 32.3 Å². The Morgan fingerprint density at radius 3 is 1.81 bits per heavy atom. The predicted molar refractivity (Wildman–Crippen MR) is 153 cm³/mol. The second kappa shape index (κ2) is 14.2. The van der Waals surface area contributed by atoms with Crippen LogP contribution in [0, 0.1) is 16.7 Å². The first-order valence-corrected chi connectivity index (χ1v) is 13.6. The topological polar surface area (TPSA) is 63.5 Å². The molecule has 37 heavy (non-hydrogen) atoms. The van der Waals surface area contributed by atoms with E-state index in [1.807, 2.05) is 36.4 Å². The van der Waals surface area contributed by atoms with E-state index in [0.717, 1.165) is 49.5 Å². The number of benzene rings is 2. The lowest BCUT2D eigenvalue weighted by Gasteiger charge is -2.33. The third kappa shape index (κ3) is 10.9. The van der Waals surface area contributed by atoms with Gasteiger partial charge >= 0.3 is 5.97 Å². The number of unbranched alkanes of at least 4 members (excludes halogenated alkanes) is 1. The van der Waals surface area contributed by atoms with Gasteiger partial charge in [-0.1, -0.05) is 41.5 Å². The quantitative estimate of drug-likeness (QED) is 0.154. The zero-order chi connectivity index (χ0) is 27.5. The summed E-state index contributed by atoms with van der Waals surface area (Å²) in [7, 11) is 0. The molecule has 0 N–H and O–H groups in total. The van der Waals surface area contributed by atoms with Crippen molar-refractivity contribution in [3.63, 3.8) is 0 Å². The van der Waals surface area contributed by atoms with Crippen LogP contribution in [0.25, 0.3) is 0 Å². The fourth-order valence-corrected chi connectivity index (χ4v) is 4.07. The van der Waals surface area contributed by atoms with Crippen LogP contribution in [0.15, 0.2) is 58.8 Å². The van der Waals surface area contributed by atoms with Gasteiger partial charge in [0.25, 0.3) is 0 Å². The molecule has 0 amide bonds. The van der Waals surface area contributed by atoms with Crippen molar-refractivity contribution in [2.75, 3.05) is 31.2 Å². The van der Waals surface area contributed by atoms with Crippen LogP contribution in [0.3, 0.4) is 0 Å². The van der Waals surface area contributed by atoms with Crippen molar-refractivity contribution in [2.24, 2.45) is 27.0 Å². The smallest absolute Gasteiger partial charge is 0.309 e. The van der Waals surface area contributed by atoms with Crippen molar-refractivity contribution >= 4 is 23.0 Å². The highest BCUT2D eigenvalue weighted by Crippen LogP contribution is 2.36. The molecule has 0 fully saturated rings. The van der Waals surface area contributed by atoms with E-state index in [1.54, 1.807) is 0 Å². The SMILES string of the molecule is CCN(CC)c1ccc(N=Nc2ccc(OCCCCOC(=O)C(CC(C)(C)C)C(C)(C)C)cc2)cc1. The Morgan fingerprint density at radius 1 is 0.811 bits per heavy atom. The normalized spacial score (nSPS) is 13.0. The third-order valence-electron chi connectivity index (χ3n) is 6.29. The molecule has 1 unspecified atom stereocenters.